The van der Waals surface area contributed by atoms with Crippen molar-refractivity contribution in [2.75, 3.05) is 26.7 Å². The molecule has 1 aliphatic heterocycles. The van der Waals surface area contributed by atoms with E-state index in [4.69, 9.17) is 4.74 Å². The standard InChI is InChI=1S/C14H24N2O5/c1-4-14(12(18)19)8-6-9-16(14)13(20)15(3)10-7-11(17)21-5-2/h4-10H2,1-3H3,(H,18,19). The monoisotopic (exact) mass is 300 g/mol. The lowest BCUT2D eigenvalue weighted by Crippen LogP contribution is -2.56. The van der Waals surface area contributed by atoms with Crippen molar-refractivity contribution in [1.29, 1.82) is 0 Å². The number of carbonyl (C=O) groups is 3. The van der Waals surface area contributed by atoms with Crippen LogP contribution >= 0.6 is 0 Å². The Morgan fingerprint density at radius 3 is 2.52 bits per heavy atom. The lowest BCUT2D eigenvalue weighted by molar-refractivity contribution is -0.149. The summed E-state index contributed by atoms with van der Waals surface area (Å²) in [5, 5.41) is 9.47. The highest BCUT2D eigenvalue weighted by molar-refractivity contribution is 5.87. The van der Waals surface area contributed by atoms with Crippen LogP contribution in [0.4, 0.5) is 4.79 Å². The number of amides is 2. The second kappa shape index (κ2) is 7.28. The number of ether oxygens (including phenoxy) is 1. The number of carbonyl (C=O) groups excluding carboxylic acids is 2. The van der Waals surface area contributed by atoms with E-state index in [1.165, 1.54) is 9.80 Å². The first-order valence-electron chi connectivity index (χ1n) is 7.30. The predicted octanol–water partition coefficient (Wildman–Crippen LogP) is 1.32. The number of esters is 1. The normalized spacial score (nSPS) is 21.2. The Morgan fingerprint density at radius 2 is 2.00 bits per heavy atom. The lowest BCUT2D eigenvalue weighted by Gasteiger charge is -2.36. The molecule has 21 heavy (non-hydrogen) atoms. The smallest absolute Gasteiger partial charge is 0.329 e. The molecule has 1 aliphatic rings. The van der Waals surface area contributed by atoms with Crippen LogP contribution < -0.4 is 0 Å². The Morgan fingerprint density at radius 1 is 1.33 bits per heavy atom. The van der Waals surface area contributed by atoms with Crippen LogP contribution in [0.1, 0.15) is 39.5 Å². The van der Waals surface area contributed by atoms with E-state index in [0.717, 1.165) is 0 Å². The number of carboxylic acid groups (broad SMARTS) is 1. The van der Waals surface area contributed by atoms with Gasteiger partial charge in [-0.3, -0.25) is 4.79 Å². The summed E-state index contributed by atoms with van der Waals surface area (Å²) in [6, 6.07) is -0.346. The molecule has 0 aliphatic carbocycles. The Labute approximate surface area is 124 Å². The van der Waals surface area contributed by atoms with Crippen LogP contribution in [-0.2, 0) is 14.3 Å². The second-order valence-corrected chi connectivity index (χ2v) is 5.20. The van der Waals surface area contributed by atoms with E-state index in [-0.39, 0.29) is 25.0 Å². The van der Waals surface area contributed by atoms with Crippen molar-refractivity contribution >= 4 is 18.0 Å². The first-order chi connectivity index (χ1) is 9.89. The van der Waals surface area contributed by atoms with Gasteiger partial charge in [0.15, 0.2) is 0 Å². The van der Waals surface area contributed by atoms with Crippen LogP contribution in [0.5, 0.6) is 0 Å². The molecule has 0 spiro atoms. The molecule has 0 aromatic rings. The third-order valence-electron chi connectivity index (χ3n) is 3.99. The van der Waals surface area contributed by atoms with Gasteiger partial charge < -0.3 is 19.6 Å². The van der Waals surface area contributed by atoms with Crippen LogP contribution in [0.2, 0.25) is 0 Å². The van der Waals surface area contributed by atoms with Gasteiger partial charge in [-0.05, 0) is 26.2 Å². The van der Waals surface area contributed by atoms with Gasteiger partial charge in [0, 0.05) is 20.1 Å². The molecule has 0 aromatic heterocycles. The van der Waals surface area contributed by atoms with Gasteiger partial charge in [-0.2, -0.15) is 0 Å². The van der Waals surface area contributed by atoms with Gasteiger partial charge in [-0.25, -0.2) is 9.59 Å². The van der Waals surface area contributed by atoms with Gasteiger partial charge in [-0.1, -0.05) is 6.92 Å². The number of rotatable bonds is 6. The Balaban J connectivity index is 2.68. The SMILES string of the molecule is CCOC(=O)CCN(C)C(=O)N1CCCC1(CC)C(=O)O. The van der Waals surface area contributed by atoms with Crippen LogP contribution in [-0.4, -0.2) is 65.2 Å². The van der Waals surface area contributed by atoms with Crippen molar-refractivity contribution in [3.63, 3.8) is 0 Å². The maximum absolute atomic E-state index is 12.4. The summed E-state index contributed by atoms with van der Waals surface area (Å²) in [6.07, 6.45) is 1.63. The zero-order valence-corrected chi connectivity index (χ0v) is 12.9. The van der Waals surface area contributed by atoms with Crippen molar-refractivity contribution in [2.24, 2.45) is 0 Å². The van der Waals surface area contributed by atoms with Crippen molar-refractivity contribution in [1.82, 2.24) is 9.80 Å². The molecule has 0 bridgehead atoms. The number of nitrogens with zero attached hydrogens (tertiary/aromatic N) is 2. The molecule has 0 saturated carbocycles. The molecule has 7 heteroatoms. The van der Waals surface area contributed by atoms with Crippen LogP contribution in [0.3, 0.4) is 0 Å². The van der Waals surface area contributed by atoms with Crippen LogP contribution in [0.15, 0.2) is 0 Å². The summed E-state index contributed by atoms with van der Waals surface area (Å²) in [4.78, 5) is 38.1. The molecular formula is C14H24N2O5. The fourth-order valence-corrected chi connectivity index (χ4v) is 2.69. The number of hydrogen-bond acceptors (Lipinski definition) is 4. The zero-order chi connectivity index (χ0) is 16.0. The maximum Gasteiger partial charge on any atom is 0.329 e. The molecule has 7 nitrogen and oxygen atoms in total. The van der Waals surface area contributed by atoms with Crippen molar-refractivity contribution in [2.45, 2.75) is 45.1 Å². The van der Waals surface area contributed by atoms with Crippen molar-refractivity contribution in [3.05, 3.63) is 0 Å². The van der Waals surface area contributed by atoms with Crippen molar-refractivity contribution in [3.8, 4) is 0 Å². The molecule has 2 amide bonds. The average molecular weight is 300 g/mol. The largest absolute Gasteiger partial charge is 0.479 e. The topological polar surface area (TPSA) is 87.2 Å². The molecule has 120 valence electrons. The fourth-order valence-electron chi connectivity index (χ4n) is 2.69. The minimum Gasteiger partial charge on any atom is -0.479 e. The summed E-state index contributed by atoms with van der Waals surface area (Å²) >= 11 is 0. The number of urea groups is 1. The van der Waals surface area contributed by atoms with Gasteiger partial charge in [0.1, 0.15) is 5.54 Å². The first kappa shape index (κ1) is 17.3. The first-order valence-corrected chi connectivity index (χ1v) is 7.30. The van der Waals surface area contributed by atoms with E-state index < -0.39 is 11.5 Å². The summed E-state index contributed by atoms with van der Waals surface area (Å²) < 4.78 is 4.81. The predicted molar refractivity (Wildman–Crippen MR) is 75.9 cm³/mol. The lowest BCUT2D eigenvalue weighted by atomic mass is 9.93. The molecule has 1 unspecified atom stereocenters. The van der Waals surface area contributed by atoms with Gasteiger partial charge in [0.05, 0.1) is 13.0 Å². The highest BCUT2D eigenvalue weighted by Crippen LogP contribution is 2.33. The highest BCUT2D eigenvalue weighted by atomic mass is 16.5. The van der Waals surface area contributed by atoms with E-state index >= 15 is 0 Å². The average Bonchev–Trinajstić information content (AvgIpc) is 2.89. The zero-order valence-electron chi connectivity index (χ0n) is 12.9. The summed E-state index contributed by atoms with van der Waals surface area (Å²) in [6.45, 7) is 4.45. The van der Waals surface area contributed by atoms with Gasteiger partial charge >= 0.3 is 18.0 Å². The van der Waals surface area contributed by atoms with E-state index in [9.17, 15) is 19.5 Å². The van der Waals surface area contributed by atoms with Crippen LogP contribution in [0, 0.1) is 0 Å². The Kier molecular flexibility index (Phi) is 5.99. The minimum atomic E-state index is -1.12. The number of carboxylic acids is 1. The molecule has 1 heterocycles. The molecule has 1 atom stereocenters. The highest BCUT2D eigenvalue weighted by Gasteiger charge is 2.49. The maximum atomic E-state index is 12.4. The second-order valence-electron chi connectivity index (χ2n) is 5.20. The summed E-state index contributed by atoms with van der Waals surface area (Å²) in [5.41, 5.74) is -1.12. The molecule has 1 rings (SSSR count). The van der Waals surface area contributed by atoms with Gasteiger partial charge in [-0.15, -0.1) is 0 Å². The Bertz CT molecular complexity index is 412. The third kappa shape index (κ3) is 3.65. The molecule has 1 saturated heterocycles. The van der Waals surface area contributed by atoms with E-state index in [1.54, 1.807) is 20.9 Å². The molecular weight excluding hydrogens is 276 g/mol. The van der Waals surface area contributed by atoms with E-state index in [2.05, 4.69) is 0 Å². The van der Waals surface area contributed by atoms with Crippen molar-refractivity contribution < 1.29 is 24.2 Å². The summed E-state index contributed by atoms with van der Waals surface area (Å²) in [5.74, 6) is -1.33. The minimum absolute atomic E-state index is 0.107. The van der Waals surface area contributed by atoms with Gasteiger partial charge in [0.2, 0.25) is 0 Å². The Hall–Kier alpha value is -1.79. The fraction of sp³-hybridized carbons (Fsp3) is 0.786. The molecule has 0 radical (unpaired) electrons. The number of aliphatic carboxylic acids is 1. The number of likely N-dealkylation sites (tertiary alicyclic amines) is 1. The van der Waals surface area contributed by atoms with E-state index in [0.29, 0.717) is 32.4 Å². The van der Waals surface area contributed by atoms with E-state index in [1.807, 2.05) is 0 Å². The summed E-state index contributed by atoms with van der Waals surface area (Å²) in [7, 11) is 1.57. The number of hydrogen-bond donors (Lipinski definition) is 1. The molecule has 1 fully saturated rings. The van der Waals surface area contributed by atoms with Crippen LogP contribution in [0.25, 0.3) is 0 Å². The molecule has 1 N–H and O–H groups in total. The van der Waals surface area contributed by atoms with Gasteiger partial charge in [0.25, 0.3) is 0 Å². The third-order valence-corrected chi connectivity index (χ3v) is 3.99. The quantitative estimate of drug-likeness (QED) is 0.748. The molecule has 0 aromatic carbocycles.